The van der Waals surface area contributed by atoms with Gasteiger partial charge in [0.2, 0.25) is 0 Å². The maximum Gasteiger partial charge on any atom is 0.313 e. The molecule has 0 spiro atoms. The van der Waals surface area contributed by atoms with Crippen LogP contribution in [0.2, 0.25) is 0 Å². The first-order valence-corrected chi connectivity index (χ1v) is 6.91. The second-order valence-corrected chi connectivity index (χ2v) is 5.35. The zero-order valence-electron chi connectivity index (χ0n) is 10.8. The van der Waals surface area contributed by atoms with Crippen molar-refractivity contribution < 1.29 is 9.90 Å². The molecule has 1 aromatic carbocycles. The van der Waals surface area contributed by atoms with Crippen molar-refractivity contribution in [2.75, 3.05) is 5.75 Å². The van der Waals surface area contributed by atoms with E-state index in [9.17, 15) is 4.79 Å². The van der Waals surface area contributed by atoms with Gasteiger partial charge in [-0.1, -0.05) is 37.7 Å². The molecule has 1 aromatic heterocycles. The molecule has 6 heteroatoms. The molecular formula is C13H15N3O2S. The van der Waals surface area contributed by atoms with E-state index in [1.54, 1.807) is 10.9 Å². The van der Waals surface area contributed by atoms with Crippen LogP contribution in [-0.2, 0) is 4.79 Å². The lowest BCUT2D eigenvalue weighted by Gasteiger charge is -2.08. The van der Waals surface area contributed by atoms with Crippen LogP contribution in [0.5, 0.6) is 0 Å². The van der Waals surface area contributed by atoms with Crippen molar-refractivity contribution in [3.05, 3.63) is 36.2 Å². The first-order chi connectivity index (χ1) is 9.08. The molecule has 0 aliphatic heterocycles. The largest absolute Gasteiger partial charge is 0.481 e. The summed E-state index contributed by atoms with van der Waals surface area (Å²) in [5.74, 6) is -0.409. The van der Waals surface area contributed by atoms with Crippen LogP contribution >= 0.6 is 11.8 Å². The Morgan fingerprint density at radius 1 is 1.37 bits per heavy atom. The highest BCUT2D eigenvalue weighted by molar-refractivity contribution is 7.99. The Morgan fingerprint density at radius 2 is 2.05 bits per heavy atom. The van der Waals surface area contributed by atoms with E-state index >= 15 is 0 Å². The van der Waals surface area contributed by atoms with E-state index in [4.69, 9.17) is 5.11 Å². The molecule has 1 heterocycles. The topological polar surface area (TPSA) is 68.0 Å². The molecule has 100 valence electrons. The molecule has 19 heavy (non-hydrogen) atoms. The average Bonchev–Trinajstić information content (AvgIpc) is 2.84. The first-order valence-electron chi connectivity index (χ1n) is 5.93. The summed E-state index contributed by atoms with van der Waals surface area (Å²) in [6.45, 7) is 4.28. The minimum absolute atomic E-state index is 0.0250. The quantitative estimate of drug-likeness (QED) is 0.851. The van der Waals surface area contributed by atoms with Crippen LogP contribution in [0.25, 0.3) is 5.69 Å². The third-order valence-corrected chi connectivity index (χ3v) is 3.61. The van der Waals surface area contributed by atoms with Gasteiger partial charge in [0.25, 0.3) is 0 Å². The summed E-state index contributed by atoms with van der Waals surface area (Å²) in [4.78, 5) is 10.6. The van der Waals surface area contributed by atoms with Gasteiger partial charge in [0, 0.05) is 5.69 Å². The van der Waals surface area contributed by atoms with Crippen LogP contribution in [0.15, 0.2) is 35.7 Å². The van der Waals surface area contributed by atoms with Crippen molar-refractivity contribution in [3.8, 4) is 5.69 Å². The number of carbonyl (C=O) groups is 1. The molecule has 0 saturated carbocycles. The van der Waals surface area contributed by atoms with Gasteiger partial charge in [0.1, 0.15) is 6.33 Å². The van der Waals surface area contributed by atoms with Crippen LogP contribution < -0.4 is 0 Å². The van der Waals surface area contributed by atoms with Gasteiger partial charge >= 0.3 is 5.97 Å². The number of hydrogen-bond acceptors (Lipinski definition) is 4. The van der Waals surface area contributed by atoms with Gasteiger partial charge < -0.3 is 5.11 Å². The van der Waals surface area contributed by atoms with E-state index in [1.807, 2.05) is 12.1 Å². The number of thioether (sulfide) groups is 1. The Labute approximate surface area is 115 Å². The van der Waals surface area contributed by atoms with Crippen molar-refractivity contribution >= 4 is 17.7 Å². The van der Waals surface area contributed by atoms with Crippen LogP contribution in [0.1, 0.15) is 25.3 Å². The zero-order chi connectivity index (χ0) is 13.8. The average molecular weight is 277 g/mol. The van der Waals surface area contributed by atoms with E-state index in [2.05, 4.69) is 36.2 Å². The van der Waals surface area contributed by atoms with E-state index in [-0.39, 0.29) is 5.75 Å². The second-order valence-electron chi connectivity index (χ2n) is 4.41. The highest BCUT2D eigenvalue weighted by Crippen LogP contribution is 2.21. The molecule has 2 rings (SSSR count). The predicted octanol–water partition coefficient (Wildman–Crippen LogP) is 2.57. The zero-order valence-corrected chi connectivity index (χ0v) is 11.6. The number of carboxylic acids is 1. The minimum Gasteiger partial charge on any atom is -0.481 e. The van der Waals surface area contributed by atoms with E-state index in [0.29, 0.717) is 11.1 Å². The molecular weight excluding hydrogens is 262 g/mol. The molecule has 5 nitrogen and oxygen atoms in total. The van der Waals surface area contributed by atoms with Gasteiger partial charge in [-0.15, -0.1) is 10.2 Å². The number of carboxylic acid groups (broad SMARTS) is 1. The SMILES string of the molecule is CC(C)c1ccc(-n2cnnc2SCC(=O)O)cc1. The molecule has 0 bridgehead atoms. The summed E-state index contributed by atoms with van der Waals surface area (Å²) in [5, 5.41) is 17.0. The van der Waals surface area contributed by atoms with Gasteiger partial charge in [0.15, 0.2) is 5.16 Å². The molecule has 0 unspecified atom stereocenters. The van der Waals surface area contributed by atoms with Crippen LogP contribution in [0, 0.1) is 0 Å². The van der Waals surface area contributed by atoms with Gasteiger partial charge in [-0.05, 0) is 23.6 Å². The van der Waals surface area contributed by atoms with E-state index in [1.165, 1.54) is 5.56 Å². The lowest BCUT2D eigenvalue weighted by Crippen LogP contribution is -2.01. The molecule has 0 aliphatic rings. The molecule has 1 N–H and O–H groups in total. The Balaban J connectivity index is 2.22. The van der Waals surface area contributed by atoms with E-state index < -0.39 is 5.97 Å². The number of hydrogen-bond donors (Lipinski definition) is 1. The maximum absolute atomic E-state index is 10.6. The summed E-state index contributed by atoms with van der Waals surface area (Å²) >= 11 is 1.16. The smallest absolute Gasteiger partial charge is 0.313 e. The number of aromatic nitrogens is 3. The summed E-state index contributed by atoms with van der Waals surface area (Å²) < 4.78 is 1.79. The molecule has 0 fully saturated rings. The second kappa shape index (κ2) is 5.88. The molecule has 0 radical (unpaired) electrons. The lowest BCUT2D eigenvalue weighted by molar-refractivity contribution is -0.133. The standard InChI is InChI=1S/C13H15N3O2S/c1-9(2)10-3-5-11(6-4-10)16-8-14-15-13(16)19-7-12(17)18/h3-6,8-9H,7H2,1-2H3,(H,17,18). The molecule has 0 saturated heterocycles. The van der Waals surface area contributed by atoms with Crippen molar-refractivity contribution in [3.63, 3.8) is 0 Å². The fourth-order valence-electron chi connectivity index (χ4n) is 1.65. The number of rotatable bonds is 5. The Kier molecular flexibility index (Phi) is 4.21. The first kappa shape index (κ1) is 13.6. The normalized spacial score (nSPS) is 10.9. The monoisotopic (exact) mass is 277 g/mol. The van der Waals surface area contributed by atoms with Crippen LogP contribution in [-0.4, -0.2) is 31.6 Å². The predicted molar refractivity (Wildman–Crippen MR) is 73.8 cm³/mol. The van der Waals surface area contributed by atoms with Crippen molar-refractivity contribution in [2.24, 2.45) is 0 Å². The van der Waals surface area contributed by atoms with Crippen molar-refractivity contribution in [1.82, 2.24) is 14.8 Å². The molecule has 0 atom stereocenters. The maximum atomic E-state index is 10.6. The van der Waals surface area contributed by atoms with Crippen LogP contribution in [0.3, 0.4) is 0 Å². The van der Waals surface area contributed by atoms with Gasteiger partial charge in [0.05, 0.1) is 5.75 Å². The minimum atomic E-state index is -0.866. The fraction of sp³-hybridized carbons (Fsp3) is 0.308. The summed E-state index contributed by atoms with van der Waals surface area (Å²) in [6, 6.07) is 8.10. The van der Waals surface area contributed by atoms with E-state index in [0.717, 1.165) is 17.4 Å². The van der Waals surface area contributed by atoms with Gasteiger partial charge in [-0.3, -0.25) is 9.36 Å². The Bertz CT molecular complexity index is 564. The number of nitrogens with zero attached hydrogens (tertiary/aromatic N) is 3. The number of aliphatic carboxylic acids is 1. The highest BCUT2D eigenvalue weighted by atomic mass is 32.2. The van der Waals surface area contributed by atoms with Gasteiger partial charge in [-0.2, -0.15) is 0 Å². The van der Waals surface area contributed by atoms with Crippen molar-refractivity contribution in [2.45, 2.75) is 24.9 Å². The Morgan fingerprint density at radius 3 is 2.63 bits per heavy atom. The lowest BCUT2D eigenvalue weighted by atomic mass is 10.0. The Hall–Kier alpha value is -1.82. The van der Waals surface area contributed by atoms with Gasteiger partial charge in [-0.25, -0.2) is 0 Å². The third kappa shape index (κ3) is 3.35. The molecule has 0 aliphatic carbocycles. The summed E-state index contributed by atoms with van der Waals surface area (Å²) in [5.41, 5.74) is 2.19. The third-order valence-electron chi connectivity index (χ3n) is 2.68. The fourth-order valence-corrected chi connectivity index (χ4v) is 2.30. The molecule has 0 amide bonds. The van der Waals surface area contributed by atoms with Crippen molar-refractivity contribution in [1.29, 1.82) is 0 Å². The summed E-state index contributed by atoms with van der Waals surface area (Å²) in [6.07, 6.45) is 1.59. The number of benzene rings is 1. The highest BCUT2D eigenvalue weighted by Gasteiger charge is 2.09. The van der Waals surface area contributed by atoms with Crippen LogP contribution in [0.4, 0.5) is 0 Å². The molecule has 2 aromatic rings. The summed E-state index contributed by atoms with van der Waals surface area (Å²) in [7, 11) is 0.